The van der Waals surface area contributed by atoms with Crippen molar-refractivity contribution in [1.82, 2.24) is 4.98 Å². The molecule has 0 amide bonds. The van der Waals surface area contributed by atoms with Crippen LogP contribution in [-0.4, -0.2) is 4.98 Å². The maximum Gasteiger partial charge on any atom is 0.0457 e. The van der Waals surface area contributed by atoms with Crippen LogP contribution in [-0.2, 0) is 0 Å². The average molecular weight is 193 g/mol. The first-order valence-corrected chi connectivity index (χ1v) is 5.03. The molecular weight excluding hydrogens is 182 g/mol. The fourth-order valence-corrected chi connectivity index (χ4v) is 2.20. The Balaban J connectivity index is 2.79. The molecule has 15 heavy (non-hydrogen) atoms. The second-order valence-corrected chi connectivity index (χ2v) is 3.89. The lowest BCUT2D eigenvalue weighted by molar-refractivity contribution is 1.24. The molecule has 0 bridgehead atoms. The Hall–Kier alpha value is -1.89. The summed E-state index contributed by atoms with van der Waals surface area (Å²) in [5, 5.41) is 6.01. The fraction of sp³-hybridized carbons (Fsp3) is 0.0714. The molecule has 2 aromatic carbocycles. The van der Waals surface area contributed by atoms with Gasteiger partial charge in [-0.15, -0.1) is 0 Å². The summed E-state index contributed by atoms with van der Waals surface area (Å²) in [6.07, 6.45) is 1.93. The number of aromatic nitrogens is 1. The van der Waals surface area contributed by atoms with Crippen LogP contribution in [0.5, 0.6) is 0 Å². The number of rotatable bonds is 0. The SMILES string of the molecule is C=c1ccc2cccc3cnc(C)c1c23. The van der Waals surface area contributed by atoms with Crippen LogP contribution in [0.2, 0.25) is 0 Å². The quantitative estimate of drug-likeness (QED) is 0.535. The van der Waals surface area contributed by atoms with Gasteiger partial charge in [0.15, 0.2) is 0 Å². The van der Waals surface area contributed by atoms with Gasteiger partial charge in [0.1, 0.15) is 0 Å². The molecule has 0 N–H and O–H groups in total. The van der Waals surface area contributed by atoms with E-state index in [0.717, 1.165) is 10.9 Å². The summed E-state index contributed by atoms with van der Waals surface area (Å²) in [4.78, 5) is 4.41. The van der Waals surface area contributed by atoms with Gasteiger partial charge in [-0.2, -0.15) is 0 Å². The van der Waals surface area contributed by atoms with Crippen LogP contribution in [0.3, 0.4) is 0 Å². The van der Waals surface area contributed by atoms with Gasteiger partial charge in [-0.25, -0.2) is 0 Å². The molecule has 0 saturated heterocycles. The fourth-order valence-electron chi connectivity index (χ4n) is 2.20. The van der Waals surface area contributed by atoms with Gasteiger partial charge in [0.25, 0.3) is 0 Å². The van der Waals surface area contributed by atoms with Crippen molar-refractivity contribution >= 4 is 28.1 Å². The first-order chi connectivity index (χ1) is 7.27. The van der Waals surface area contributed by atoms with E-state index in [-0.39, 0.29) is 0 Å². The first kappa shape index (κ1) is 8.42. The molecule has 1 nitrogen and oxygen atoms in total. The lowest BCUT2D eigenvalue weighted by Crippen LogP contribution is -2.02. The van der Waals surface area contributed by atoms with Crippen LogP contribution in [0.4, 0.5) is 0 Å². The highest BCUT2D eigenvalue weighted by atomic mass is 14.7. The highest BCUT2D eigenvalue weighted by Crippen LogP contribution is 2.24. The lowest BCUT2D eigenvalue weighted by atomic mass is 10.00. The minimum absolute atomic E-state index is 1.06. The second kappa shape index (κ2) is 2.80. The monoisotopic (exact) mass is 193 g/mol. The summed E-state index contributed by atoms with van der Waals surface area (Å²) >= 11 is 0. The molecule has 0 spiro atoms. The third kappa shape index (κ3) is 1.06. The van der Waals surface area contributed by atoms with Crippen LogP contribution < -0.4 is 5.22 Å². The maximum absolute atomic E-state index is 4.41. The molecule has 1 heterocycles. The van der Waals surface area contributed by atoms with E-state index in [1.165, 1.54) is 21.5 Å². The topological polar surface area (TPSA) is 12.9 Å². The molecule has 72 valence electrons. The predicted molar refractivity (Wildman–Crippen MR) is 64.7 cm³/mol. The number of hydrogen-bond donors (Lipinski definition) is 0. The molecule has 0 saturated carbocycles. The highest BCUT2D eigenvalue weighted by molar-refractivity contribution is 6.10. The minimum atomic E-state index is 1.06. The predicted octanol–water partition coefficient (Wildman–Crippen LogP) is 2.83. The van der Waals surface area contributed by atoms with Crippen LogP contribution in [0.1, 0.15) is 5.69 Å². The largest absolute Gasteiger partial charge is 0.260 e. The minimum Gasteiger partial charge on any atom is -0.260 e. The van der Waals surface area contributed by atoms with Crippen LogP contribution in [0.25, 0.3) is 28.1 Å². The zero-order valence-electron chi connectivity index (χ0n) is 8.62. The Morgan fingerprint density at radius 1 is 1.00 bits per heavy atom. The van der Waals surface area contributed by atoms with E-state index in [1.807, 2.05) is 13.1 Å². The normalized spacial score (nSPS) is 11.3. The van der Waals surface area contributed by atoms with E-state index in [2.05, 4.69) is 41.9 Å². The molecule has 0 atom stereocenters. The van der Waals surface area contributed by atoms with Crippen LogP contribution >= 0.6 is 0 Å². The number of aryl methyl sites for hydroxylation is 1. The number of benzene rings is 2. The zero-order chi connectivity index (χ0) is 10.4. The molecule has 1 aromatic heterocycles. The molecule has 0 unspecified atom stereocenters. The molecule has 0 aliphatic carbocycles. The number of hydrogen-bond acceptors (Lipinski definition) is 1. The van der Waals surface area contributed by atoms with Gasteiger partial charge < -0.3 is 0 Å². The van der Waals surface area contributed by atoms with Crippen molar-refractivity contribution in [3.8, 4) is 0 Å². The van der Waals surface area contributed by atoms with Gasteiger partial charge >= 0.3 is 0 Å². The van der Waals surface area contributed by atoms with Crippen LogP contribution in [0.15, 0.2) is 36.5 Å². The summed E-state index contributed by atoms with van der Waals surface area (Å²) in [5.74, 6) is 0. The summed E-state index contributed by atoms with van der Waals surface area (Å²) < 4.78 is 0. The summed E-state index contributed by atoms with van der Waals surface area (Å²) in [6.45, 7) is 6.11. The Morgan fingerprint density at radius 3 is 2.67 bits per heavy atom. The highest BCUT2D eigenvalue weighted by Gasteiger charge is 2.04. The zero-order valence-corrected chi connectivity index (χ0v) is 8.62. The molecule has 0 aliphatic rings. The molecule has 3 aromatic rings. The molecule has 0 fully saturated rings. The van der Waals surface area contributed by atoms with Crippen molar-refractivity contribution in [2.45, 2.75) is 6.92 Å². The van der Waals surface area contributed by atoms with E-state index in [4.69, 9.17) is 0 Å². The molecule has 0 aliphatic heterocycles. The van der Waals surface area contributed by atoms with E-state index in [0.29, 0.717) is 0 Å². The molecule has 3 rings (SSSR count). The third-order valence-corrected chi connectivity index (χ3v) is 2.92. The second-order valence-electron chi connectivity index (χ2n) is 3.89. The molecule has 0 radical (unpaired) electrons. The third-order valence-electron chi connectivity index (χ3n) is 2.92. The van der Waals surface area contributed by atoms with Crippen molar-refractivity contribution in [3.05, 3.63) is 47.4 Å². The van der Waals surface area contributed by atoms with Gasteiger partial charge in [-0.05, 0) is 17.5 Å². The van der Waals surface area contributed by atoms with E-state index in [1.54, 1.807) is 0 Å². The van der Waals surface area contributed by atoms with Crippen molar-refractivity contribution < 1.29 is 0 Å². The van der Waals surface area contributed by atoms with Gasteiger partial charge in [0, 0.05) is 28.0 Å². The van der Waals surface area contributed by atoms with Crippen molar-refractivity contribution in [2.75, 3.05) is 0 Å². The van der Waals surface area contributed by atoms with Crippen molar-refractivity contribution in [1.29, 1.82) is 0 Å². The maximum atomic E-state index is 4.41. The summed E-state index contributed by atoms with van der Waals surface area (Å²) in [6, 6.07) is 10.5. The molecule has 1 heteroatoms. The average Bonchev–Trinajstić information content (AvgIpc) is 2.25. The Kier molecular flexibility index (Phi) is 1.57. The van der Waals surface area contributed by atoms with E-state index in [9.17, 15) is 0 Å². The van der Waals surface area contributed by atoms with E-state index < -0.39 is 0 Å². The van der Waals surface area contributed by atoms with Gasteiger partial charge in [0.05, 0.1) is 0 Å². The molecular formula is C14H11N. The number of nitrogens with zero attached hydrogens (tertiary/aromatic N) is 1. The standard InChI is InChI=1S/C14H11N/c1-9-6-7-11-4-3-5-12-8-15-10(2)13(9)14(11)12/h3-8H,1H2,2H3. The Labute approximate surface area is 88.0 Å². The van der Waals surface area contributed by atoms with Gasteiger partial charge in [-0.1, -0.05) is 36.9 Å². The Morgan fingerprint density at radius 2 is 1.80 bits per heavy atom. The Bertz CT molecular complexity index is 682. The summed E-state index contributed by atoms with van der Waals surface area (Å²) in [7, 11) is 0. The smallest absolute Gasteiger partial charge is 0.0457 e. The summed E-state index contributed by atoms with van der Waals surface area (Å²) in [5.41, 5.74) is 1.06. The van der Waals surface area contributed by atoms with Gasteiger partial charge in [-0.3, -0.25) is 4.98 Å². The van der Waals surface area contributed by atoms with Crippen molar-refractivity contribution in [3.63, 3.8) is 0 Å². The first-order valence-electron chi connectivity index (χ1n) is 5.03. The van der Waals surface area contributed by atoms with Gasteiger partial charge in [0.2, 0.25) is 0 Å². The van der Waals surface area contributed by atoms with Crippen molar-refractivity contribution in [2.24, 2.45) is 0 Å². The lowest BCUT2D eigenvalue weighted by Gasteiger charge is -2.07. The van der Waals surface area contributed by atoms with Crippen LogP contribution in [0, 0.1) is 6.92 Å². The van der Waals surface area contributed by atoms with E-state index >= 15 is 0 Å². The number of pyridine rings is 1.